The molecule has 1 heterocycles. The third kappa shape index (κ3) is 7.31. The van der Waals surface area contributed by atoms with Gasteiger partial charge in [0.05, 0.1) is 0 Å². The van der Waals surface area contributed by atoms with Gasteiger partial charge < -0.3 is 0 Å². The van der Waals surface area contributed by atoms with Crippen molar-refractivity contribution in [1.82, 2.24) is 0 Å². The molecular weight excluding hydrogens is 471 g/mol. The molecule has 28 heavy (non-hydrogen) atoms. The van der Waals surface area contributed by atoms with E-state index in [1.54, 1.807) is 0 Å². The van der Waals surface area contributed by atoms with Gasteiger partial charge in [-0.3, -0.25) is 0 Å². The van der Waals surface area contributed by atoms with Gasteiger partial charge in [0.2, 0.25) is 0 Å². The van der Waals surface area contributed by atoms with Crippen LogP contribution < -0.4 is 0 Å². The number of ether oxygens (including phenoxy) is 1. The number of hydrogen-bond donors (Lipinski definition) is 1. The Balaban J connectivity index is 2.92. The van der Waals surface area contributed by atoms with Crippen LogP contribution in [0.5, 0.6) is 0 Å². The predicted octanol–water partition coefficient (Wildman–Crippen LogP) is 7.04. The zero-order valence-corrected chi connectivity index (χ0v) is 23.9. The number of rotatable bonds is 13. The van der Waals surface area contributed by atoms with Crippen LogP contribution >= 0.6 is 0 Å². The van der Waals surface area contributed by atoms with Gasteiger partial charge in [-0.1, -0.05) is 0 Å². The van der Waals surface area contributed by atoms with Crippen molar-refractivity contribution in [3.8, 4) is 0 Å². The fraction of sp³-hybridized carbons (Fsp3) is 0.913. The van der Waals surface area contributed by atoms with E-state index in [1.165, 1.54) is 55.6 Å². The normalized spacial score (nSPS) is 21.0. The SMILES string of the molecule is CCC[CH2][Sn]([CH2]CCC)([CH2]CCC)[C]1=C[C@H](O)[C@H](CO[Si](C)(C)C(C)(C)C)O1. The molecule has 1 aliphatic rings. The average molecular weight is 519 g/mol. The van der Waals surface area contributed by atoms with Crippen LogP contribution in [0.1, 0.15) is 80.1 Å². The fourth-order valence-corrected chi connectivity index (χ4v) is 20.5. The number of aliphatic hydroxyl groups excluding tert-OH is 1. The summed E-state index contributed by atoms with van der Waals surface area (Å²) in [5, 5.41) is 10.9. The van der Waals surface area contributed by atoms with Gasteiger partial charge in [0.25, 0.3) is 0 Å². The number of unbranched alkanes of at least 4 members (excludes halogenated alkanes) is 3. The van der Waals surface area contributed by atoms with E-state index in [9.17, 15) is 5.11 Å². The van der Waals surface area contributed by atoms with E-state index < -0.39 is 32.8 Å². The molecule has 0 aromatic heterocycles. The Kier molecular flexibility index (Phi) is 11.1. The van der Waals surface area contributed by atoms with Gasteiger partial charge >= 0.3 is 181 Å². The van der Waals surface area contributed by atoms with Crippen LogP contribution in [0.3, 0.4) is 0 Å². The second-order valence-electron chi connectivity index (χ2n) is 10.3. The van der Waals surface area contributed by atoms with Crippen LogP contribution in [0, 0.1) is 0 Å². The van der Waals surface area contributed by atoms with E-state index in [-0.39, 0.29) is 11.1 Å². The van der Waals surface area contributed by atoms with Gasteiger partial charge in [-0.05, 0) is 0 Å². The molecule has 0 saturated heterocycles. The maximum absolute atomic E-state index is 10.8. The second kappa shape index (κ2) is 11.8. The van der Waals surface area contributed by atoms with E-state index in [4.69, 9.17) is 9.16 Å². The second-order valence-corrected chi connectivity index (χ2v) is 28.1. The number of hydrogen-bond acceptors (Lipinski definition) is 3. The Hall–Kier alpha value is 0.476. The van der Waals surface area contributed by atoms with Crippen molar-refractivity contribution >= 4 is 26.7 Å². The summed E-state index contributed by atoms with van der Waals surface area (Å²) in [6, 6.07) is 0. The van der Waals surface area contributed by atoms with Crippen molar-refractivity contribution < 1.29 is 14.3 Å². The van der Waals surface area contributed by atoms with E-state index in [2.05, 4.69) is 60.7 Å². The summed E-state index contributed by atoms with van der Waals surface area (Å²) in [6.07, 6.45) is 9.10. The Labute approximate surface area is 180 Å². The van der Waals surface area contributed by atoms with Crippen LogP contribution in [0.4, 0.5) is 0 Å². The van der Waals surface area contributed by atoms with Crippen molar-refractivity contribution in [2.24, 2.45) is 0 Å². The molecule has 0 aromatic rings. The van der Waals surface area contributed by atoms with Gasteiger partial charge in [-0.15, -0.1) is 0 Å². The van der Waals surface area contributed by atoms with Crippen molar-refractivity contribution in [2.45, 2.75) is 124 Å². The van der Waals surface area contributed by atoms with Gasteiger partial charge in [0, 0.05) is 0 Å². The van der Waals surface area contributed by atoms with Crippen molar-refractivity contribution in [2.75, 3.05) is 6.61 Å². The summed E-state index contributed by atoms with van der Waals surface area (Å²) in [4.78, 5) is 0. The quantitative estimate of drug-likeness (QED) is 0.265. The Morgan fingerprint density at radius 3 is 1.86 bits per heavy atom. The van der Waals surface area contributed by atoms with Crippen LogP contribution in [-0.4, -0.2) is 50.6 Å². The first-order valence-corrected chi connectivity index (χ1v) is 22.1. The van der Waals surface area contributed by atoms with E-state index >= 15 is 0 Å². The molecule has 0 amide bonds. The summed E-state index contributed by atoms with van der Waals surface area (Å²) in [6.45, 7) is 18.7. The molecule has 0 saturated carbocycles. The molecule has 1 aliphatic heterocycles. The molecule has 0 bridgehead atoms. The molecule has 0 fully saturated rings. The van der Waals surface area contributed by atoms with Gasteiger partial charge in [-0.2, -0.15) is 0 Å². The minimum absolute atomic E-state index is 0.180. The Morgan fingerprint density at radius 1 is 1.00 bits per heavy atom. The summed E-state index contributed by atoms with van der Waals surface area (Å²) >= 11 is -2.60. The van der Waals surface area contributed by atoms with Crippen LogP contribution in [-0.2, 0) is 9.16 Å². The molecule has 0 spiro atoms. The molecule has 1 rings (SSSR count). The van der Waals surface area contributed by atoms with Crippen molar-refractivity contribution in [3.05, 3.63) is 9.85 Å². The average Bonchev–Trinajstić information content (AvgIpc) is 3.00. The third-order valence-corrected chi connectivity index (χ3v) is 26.5. The summed E-state index contributed by atoms with van der Waals surface area (Å²) in [5.41, 5.74) is 0. The molecule has 2 atom stereocenters. The Morgan fingerprint density at radius 2 is 1.46 bits per heavy atom. The third-order valence-electron chi connectivity index (χ3n) is 6.95. The van der Waals surface area contributed by atoms with Crippen molar-refractivity contribution in [3.63, 3.8) is 0 Å². The monoisotopic (exact) mass is 520 g/mol. The topological polar surface area (TPSA) is 38.7 Å². The summed E-state index contributed by atoms with van der Waals surface area (Å²) < 4.78 is 18.3. The first-order chi connectivity index (χ1) is 13.0. The molecule has 0 radical (unpaired) electrons. The standard InChI is InChI=1S/C11H21O3Si.3C4H9.Sn/c1-11(2,3)15(4,5)14-8-10-9(12)6-7-13-10;3*1-3-4-2;/h6,9-10,12H,8H2,1-5H3;3*1,3-4H2,2H3;/t9-,10-;;;;/m0..../s1. The molecule has 5 heteroatoms. The van der Waals surface area contributed by atoms with Crippen LogP contribution in [0.25, 0.3) is 0 Å². The molecule has 3 nitrogen and oxygen atoms in total. The predicted molar refractivity (Wildman–Crippen MR) is 127 cm³/mol. The molecule has 0 aromatic carbocycles. The van der Waals surface area contributed by atoms with E-state index in [0.29, 0.717) is 6.61 Å². The van der Waals surface area contributed by atoms with E-state index in [1.807, 2.05) is 0 Å². The fourth-order valence-electron chi connectivity index (χ4n) is 3.77. The van der Waals surface area contributed by atoms with Crippen LogP contribution in [0.15, 0.2) is 9.85 Å². The van der Waals surface area contributed by atoms with E-state index in [0.717, 1.165) is 0 Å². The Bertz CT molecular complexity index is 463. The first-order valence-electron chi connectivity index (χ1n) is 11.7. The summed E-state index contributed by atoms with van der Waals surface area (Å²) in [5.74, 6) is 0. The molecule has 166 valence electrons. The number of aliphatic hydroxyl groups is 1. The zero-order valence-electron chi connectivity index (χ0n) is 20.1. The molecular formula is C23H48O3SiSn. The zero-order chi connectivity index (χ0) is 21.4. The molecule has 0 aliphatic carbocycles. The molecule has 0 unspecified atom stereocenters. The summed E-state index contributed by atoms with van der Waals surface area (Å²) in [7, 11) is -1.83. The minimum atomic E-state index is -2.60. The maximum atomic E-state index is 10.8. The first kappa shape index (κ1) is 26.5. The van der Waals surface area contributed by atoms with Gasteiger partial charge in [-0.25, -0.2) is 0 Å². The van der Waals surface area contributed by atoms with Gasteiger partial charge in [0.1, 0.15) is 0 Å². The molecule has 1 N–H and O–H groups in total. The van der Waals surface area contributed by atoms with Gasteiger partial charge in [0.15, 0.2) is 0 Å². The van der Waals surface area contributed by atoms with Crippen molar-refractivity contribution in [1.29, 1.82) is 0 Å². The van der Waals surface area contributed by atoms with Crippen LogP contribution in [0.2, 0.25) is 31.4 Å².